The van der Waals surface area contributed by atoms with E-state index in [1.807, 2.05) is 29.3 Å². The van der Waals surface area contributed by atoms with Gasteiger partial charge in [0.1, 0.15) is 0 Å². The largest absolute Gasteiger partial charge is 0.473 e. The second kappa shape index (κ2) is 9.88. The highest BCUT2D eigenvalue weighted by Crippen LogP contribution is 2.27. The Labute approximate surface area is 177 Å². The third-order valence-electron chi connectivity index (χ3n) is 5.01. The second-order valence-electron chi connectivity index (χ2n) is 7.34. The minimum atomic E-state index is -1.82. The maximum atomic E-state index is 12.7. The molecule has 30 heavy (non-hydrogen) atoms. The number of hydrogen-bond acceptors (Lipinski definition) is 7. The van der Waals surface area contributed by atoms with Crippen molar-refractivity contribution in [2.45, 2.75) is 19.6 Å². The number of furan rings is 1. The molecule has 4 rings (SSSR count). The molecule has 2 N–H and O–H groups in total. The molecule has 0 unspecified atom stereocenters. The SMILES string of the molecule is Cc1csc(C(=O)N2C[C@@H]3CN(Cc4ccoc4)CCO[C@@H]3C2)c1.O=C(O)C(=O)O. The van der Waals surface area contributed by atoms with Gasteiger partial charge in [-0.15, -0.1) is 11.3 Å². The molecular formula is C20H24N2O7S. The summed E-state index contributed by atoms with van der Waals surface area (Å²) in [6.45, 7) is 7.00. The Morgan fingerprint density at radius 3 is 2.57 bits per heavy atom. The summed E-state index contributed by atoms with van der Waals surface area (Å²) in [4.78, 5) is 36.1. The van der Waals surface area contributed by atoms with Crippen LogP contribution in [0, 0.1) is 12.8 Å². The molecule has 2 aliphatic heterocycles. The number of rotatable bonds is 3. The van der Waals surface area contributed by atoms with Gasteiger partial charge in [0.15, 0.2) is 0 Å². The molecule has 0 aromatic carbocycles. The van der Waals surface area contributed by atoms with Crippen molar-refractivity contribution < 1.29 is 33.8 Å². The van der Waals surface area contributed by atoms with Crippen molar-refractivity contribution in [1.29, 1.82) is 0 Å². The molecule has 2 saturated heterocycles. The standard InChI is InChI=1S/C18H22N2O3S.C2H2O4/c1-13-6-17(24-12-13)18(21)20-9-15-8-19(3-5-23-16(15)10-20)7-14-2-4-22-11-14;3-1(4)2(5)6/h2,4,6,11-12,15-16H,3,5,7-10H2,1H3;(H,3,4)(H,5,6)/t15-,16+;/m0./s1. The van der Waals surface area contributed by atoms with E-state index < -0.39 is 11.9 Å². The number of aliphatic carboxylic acids is 2. The van der Waals surface area contributed by atoms with Gasteiger partial charge in [-0.3, -0.25) is 9.69 Å². The maximum absolute atomic E-state index is 12.7. The first kappa shape index (κ1) is 22.0. The van der Waals surface area contributed by atoms with Gasteiger partial charge >= 0.3 is 11.9 Å². The average molecular weight is 436 g/mol. The number of carboxylic acid groups (broad SMARTS) is 2. The summed E-state index contributed by atoms with van der Waals surface area (Å²) >= 11 is 1.53. The van der Waals surface area contributed by atoms with Gasteiger partial charge < -0.3 is 24.3 Å². The molecule has 9 nitrogen and oxygen atoms in total. The molecule has 0 radical (unpaired) electrons. The van der Waals surface area contributed by atoms with E-state index in [-0.39, 0.29) is 12.0 Å². The summed E-state index contributed by atoms with van der Waals surface area (Å²) in [6.07, 6.45) is 3.67. The number of likely N-dealkylation sites (tertiary alicyclic amines) is 1. The van der Waals surface area contributed by atoms with Crippen molar-refractivity contribution in [3.63, 3.8) is 0 Å². The van der Waals surface area contributed by atoms with E-state index in [4.69, 9.17) is 29.0 Å². The van der Waals surface area contributed by atoms with Gasteiger partial charge in [0.05, 0.1) is 30.1 Å². The van der Waals surface area contributed by atoms with E-state index in [0.29, 0.717) is 12.5 Å². The van der Waals surface area contributed by atoms with Crippen molar-refractivity contribution in [3.05, 3.63) is 46.0 Å². The zero-order chi connectivity index (χ0) is 21.7. The van der Waals surface area contributed by atoms with Crippen LogP contribution in [0.1, 0.15) is 20.8 Å². The fourth-order valence-electron chi connectivity index (χ4n) is 3.61. The number of amides is 1. The second-order valence-corrected chi connectivity index (χ2v) is 8.26. The Morgan fingerprint density at radius 2 is 1.97 bits per heavy atom. The first-order chi connectivity index (χ1) is 14.3. The molecule has 2 aliphatic rings. The number of carboxylic acids is 2. The van der Waals surface area contributed by atoms with Gasteiger partial charge in [0.25, 0.3) is 5.91 Å². The molecule has 4 heterocycles. The Hall–Kier alpha value is -2.69. The van der Waals surface area contributed by atoms with Gasteiger partial charge in [-0.05, 0) is 30.0 Å². The highest BCUT2D eigenvalue weighted by molar-refractivity contribution is 7.12. The van der Waals surface area contributed by atoms with Gasteiger partial charge in [0.2, 0.25) is 0 Å². The van der Waals surface area contributed by atoms with Crippen LogP contribution >= 0.6 is 11.3 Å². The van der Waals surface area contributed by atoms with Gasteiger partial charge in [-0.25, -0.2) is 9.59 Å². The van der Waals surface area contributed by atoms with Crippen molar-refractivity contribution in [2.75, 3.05) is 32.8 Å². The van der Waals surface area contributed by atoms with Crippen LogP contribution in [-0.2, 0) is 20.9 Å². The number of thiophene rings is 1. The number of aryl methyl sites for hydroxylation is 1. The number of hydrogen-bond donors (Lipinski definition) is 2. The van der Waals surface area contributed by atoms with E-state index in [1.165, 1.54) is 16.9 Å². The zero-order valence-corrected chi connectivity index (χ0v) is 17.3. The minimum Gasteiger partial charge on any atom is -0.473 e. The lowest BCUT2D eigenvalue weighted by atomic mass is 10.1. The lowest BCUT2D eigenvalue weighted by molar-refractivity contribution is -0.159. The van der Waals surface area contributed by atoms with Crippen molar-refractivity contribution in [3.8, 4) is 0 Å². The first-order valence-corrected chi connectivity index (χ1v) is 10.4. The average Bonchev–Trinajstić information content (AvgIpc) is 3.42. The molecular weight excluding hydrogens is 412 g/mol. The van der Waals surface area contributed by atoms with Crippen LogP contribution in [0.4, 0.5) is 0 Å². The summed E-state index contributed by atoms with van der Waals surface area (Å²) in [5.74, 6) is -3.12. The number of ether oxygens (including phenoxy) is 1. The Morgan fingerprint density at radius 1 is 1.20 bits per heavy atom. The van der Waals surface area contributed by atoms with Crippen LogP contribution in [0.3, 0.4) is 0 Å². The van der Waals surface area contributed by atoms with E-state index in [1.54, 1.807) is 12.5 Å². The smallest absolute Gasteiger partial charge is 0.414 e. The molecule has 1 amide bonds. The highest BCUT2D eigenvalue weighted by atomic mass is 32.1. The summed E-state index contributed by atoms with van der Waals surface area (Å²) in [6, 6.07) is 3.99. The summed E-state index contributed by atoms with van der Waals surface area (Å²) in [5.41, 5.74) is 2.34. The number of carbonyl (C=O) groups is 3. The summed E-state index contributed by atoms with van der Waals surface area (Å²) < 4.78 is 11.2. The minimum absolute atomic E-state index is 0.145. The first-order valence-electron chi connectivity index (χ1n) is 9.49. The molecule has 0 bridgehead atoms. The highest BCUT2D eigenvalue weighted by Gasteiger charge is 2.38. The molecule has 10 heteroatoms. The molecule has 0 spiro atoms. The Kier molecular flexibility index (Phi) is 7.24. The van der Waals surface area contributed by atoms with Crippen LogP contribution in [0.5, 0.6) is 0 Å². The molecule has 0 saturated carbocycles. The lowest BCUT2D eigenvalue weighted by Gasteiger charge is -2.22. The van der Waals surface area contributed by atoms with Crippen LogP contribution < -0.4 is 0 Å². The topological polar surface area (TPSA) is 121 Å². The molecule has 2 fully saturated rings. The number of nitrogens with zero attached hydrogens (tertiary/aromatic N) is 2. The van der Waals surface area contributed by atoms with Crippen LogP contribution in [0.15, 0.2) is 34.5 Å². The Bertz CT molecular complexity index is 868. The zero-order valence-electron chi connectivity index (χ0n) is 16.5. The predicted molar refractivity (Wildman–Crippen MR) is 107 cm³/mol. The van der Waals surface area contributed by atoms with Crippen LogP contribution in [-0.4, -0.2) is 76.7 Å². The molecule has 2 atom stereocenters. The summed E-state index contributed by atoms with van der Waals surface area (Å²) in [5, 5.41) is 16.8. The summed E-state index contributed by atoms with van der Waals surface area (Å²) in [7, 11) is 0. The predicted octanol–water partition coefficient (Wildman–Crippen LogP) is 1.78. The van der Waals surface area contributed by atoms with Gasteiger partial charge in [-0.1, -0.05) is 0 Å². The third-order valence-corrected chi connectivity index (χ3v) is 6.05. The van der Waals surface area contributed by atoms with E-state index in [2.05, 4.69) is 4.90 Å². The third kappa shape index (κ3) is 5.68. The van der Waals surface area contributed by atoms with Gasteiger partial charge in [0, 0.05) is 44.2 Å². The number of carbonyl (C=O) groups excluding carboxylic acids is 1. The van der Waals surface area contributed by atoms with E-state index in [0.717, 1.165) is 43.2 Å². The van der Waals surface area contributed by atoms with Gasteiger partial charge in [-0.2, -0.15) is 0 Å². The molecule has 162 valence electrons. The Balaban J connectivity index is 0.000000377. The molecule has 0 aliphatic carbocycles. The fraction of sp³-hybridized carbons (Fsp3) is 0.450. The fourth-order valence-corrected chi connectivity index (χ4v) is 4.48. The molecule has 2 aromatic rings. The van der Waals surface area contributed by atoms with Crippen LogP contribution in [0.25, 0.3) is 0 Å². The van der Waals surface area contributed by atoms with E-state index >= 15 is 0 Å². The van der Waals surface area contributed by atoms with Crippen molar-refractivity contribution in [1.82, 2.24) is 9.80 Å². The molecule has 2 aromatic heterocycles. The lowest BCUT2D eigenvalue weighted by Crippen LogP contribution is -2.33. The van der Waals surface area contributed by atoms with Crippen molar-refractivity contribution in [2.24, 2.45) is 5.92 Å². The normalized spacial score (nSPS) is 21.3. The quantitative estimate of drug-likeness (QED) is 0.699. The number of fused-ring (bicyclic) bond motifs is 1. The van der Waals surface area contributed by atoms with Crippen LogP contribution in [0.2, 0.25) is 0 Å². The monoisotopic (exact) mass is 436 g/mol. The maximum Gasteiger partial charge on any atom is 0.414 e. The van der Waals surface area contributed by atoms with Crippen molar-refractivity contribution >= 4 is 29.2 Å². The van der Waals surface area contributed by atoms with E-state index in [9.17, 15) is 4.79 Å².